The molecule has 1 aromatic heterocycles. The molecule has 2 rings (SSSR count). The van der Waals surface area contributed by atoms with Gasteiger partial charge < -0.3 is 5.11 Å². The van der Waals surface area contributed by atoms with Crippen LogP contribution in [0.3, 0.4) is 0 Å². The van der Waals surface area contributed by atoms with Crippen molar-refractivity contribution in [1.29, 1.82) is 0 Å². The molecule has 19 heavy (non-hydrogen) atoms. The first kappa shape index (κ1) is 14.5. The van der Waals surface area contributed by atoms with Crippen LogP contribution in [0, 0.1) is 12.3 Å². The van der Waals surface area contributed by atoms with E-state index >= 15 is 0 Å². The maximum atomic E-state index is 11.5. The van der Waals surface area contributed by atoms with E-state index in [2.05, 4.69) is 16.8 Å². The summed E-state index contributed by atoms with van der Waals surface area (Å²) < 4.78 is 0. The van der Waals surface area contributed by atoms with Crippen LogP contribution in [0.15, 0.2) is 6.20 Å². The number of nitrogens with zero attached hydrogens (tertiary/aromatic N) is 2. The van der Waals surface area contributed by atoms with Gasteiger partial charge in [0.15, 0.2) is 0 Å². The monoisotopic (exact) mass is 282 g/mol. The molecule has 0 saturated carbocycles. The van der Waals surface area contributed by atoms with Gasteiger partial charge in [-0.15, -0.1) is 11.3 Å². The smallest absolute Gasteiger partial charge is 0.309 e. The third kappa shape index (κ3) is 3.34. The number of hydrogen-bond acceptors (Lipinski definition) is 4. The number of piperidine rings is 1. The van der Waals surface area contributed by atoms with Crippen LogP contribution in [0.25, 0.3) is 0 Å². The van der Waals surface area contributed by atoms with Crippen molar-refractivity contribution >= 4 is 17.3 Å². The van der Waals surface area contributed by atoms with E-state index in [0.29, 0.717) is 0 Å². The number of thiazole rings is 1. The number of aliphatic carboxylic acids is 1. The molecule has 4 nitrogen and oxygen atoms in total. The van der Waals surface area contributed by atoms with E-state index in [9.17, 15) is 9.90 Å². The summed E-state index contributed by atoms with van der Waals surface area (Å²) >= 11 is 1.73. The average Bonchev–Trinajstić information content (AvgIpc) is 2.77. The fraction of sp³-hybridized carbons (Fsp3) is 0.714. The predicted octanol–water partition coefficient (Wildman–Crippen LogP) is 2.92. The summed E-state index contributed by atoms with van der Waals surface area (Å²) in [6.07, 6.45) is 5.23. The van der Waals surface area contributed by atoms with Crippen LogP contribution in [0.1, 0.15) is 42.5 Å². The van der Waals surface area contributed by atoms with Gasteiger partial charge in [-0.25, -0.2) is 4.98 Å². The third-order valence-corrected chi connectivity index (χ3v) is 4.94. The highest BCUT2D eigenvalue weighted by molar-refractivity contribution is 7.11. The van der Waals surface area contributed by atoms with Gasteiger partial charge >= 0.3 is 5.97 Å². The van der Waals surface area contributed by atoms with Crippen molar-refractivity contribution in [2.24, 2.45) is 5.41 Å². The molecule has 1 saturated heterocycles. The Morgan fingerprint density at radius 3 is 2.68 bits per heavy atom. The molecule has 0 aromatic carbocycles. The van der Waals surface area contributed by atoms with Crippen LogP contribution in [0.5, 0.6) is 0 Å². The van der Waals surface area contributed by atoms with Gasteiger partial charge in [0.1, 0.15) is 0 Å². The molecule has 1 N–H and O–H groups in total. The number of carboxylic acid groups (broad SMARTS) is 1. The normalized spacial score (nSPS) is 19.5. The van der Waals surface area contributed by atoms with E-state index < -0.39 is 11.4 Å². The lowest BCUT2D eigenvalue weighted by Gasteiger charge is -2.38. The van der Waals surface area contributed by atoms with Gasteiger partial charge in [-0.05, 0) is 39.3 Å². The average molecular weight is 282 g/mol. The van der Waals surface area contributed by atoms with Crippen LogP contribution >= 0.6 is 11.3 Å². The number of carboxylic acids is 1. The highest BCUT2D eigenvalue weighted by Crippen LogP contribution is 2.37. The third-order valence-electron chi connectivity index (χ3n) is 4.04. The topological polar surface area (TPSA) is 53.4 Å². The predicted molar refractivity (Wildman–Crippen MR) is 76.3 cm³/mol. The molecule has 2 heterocycles. The molecule has 1 aliphatic rings. The Morgan fingerprint density at radius 2 is 2.21 bits per heavy atom. The highest BCUT2D eigenvalue weighted by Gasteiger charge is 2.40. The highest BCUT2D eigenvalue weighted by atomic mass is 32.1. The van der Waals surface area contributed by atoms with Gasteiger partial charge in [0.05, 0.1) is 10.4 Å². The molecule has 0 radical (unpaired) electrons. The van der Waals surface area contributed by atoms with Crippen molar-refractivity contribution in [2.75, 3.05) is 13.1 Å². The van der Waals surface area contributed by atoms with Gasteiger partial charge in [0.2, 0.25) is 0 Å². The zero-order valence-corrected chi connectivity index (χ0v) is 12.5. The molecule has 106 valence electrons. The number of aromatic nitrogens is 1. The Balaban J connectivity index is 1.92. The molecule has 0 atom stereocenters. The van der Waals surface area contributed by atoms with Crippen molar-refractivity contribution in [1.82, 2.24) is 9.88 Å². The zero-order chi connectivity index (χ0) is 13.9. The van der Waals surface area contributed by atoms with Gasteiger partial charge in [-0.1, -0.05) is 13.3 Å². The Hall–Kier alpha value is -0.940. The van der Waals surface area contributed by atoms with E-state index in [-0.39, 0.29) is 0 Å². The van der Waals surface area contributed by atoms with Crippen LogP contribution in [-0.4, -0.2) is 34.0 Å². The lowest BCUT2D eigenvalue weighted by molar-refractivity contribution is -0.152. The molecule has 0 unspecified atom stereocenters. The summed E-state index contributed by atoms with van der Waals surface area (Å²) in [7, 11) is 0. The number of hydrogen-bond donors (Lipinski definition) is 1. The molecule has 1 aliphatic heterocycles. The summed E-state index contributed by atoms with van der Waals surface area (Å²) in [6.45, 7) is 6.75. The van der Waals surface area contributed by atoms with E-state index in [0.717, 1.165) is 50.3 Å². The van der Waals surface area contributed by atoms with Crippen molar-refractivity contribution < 1.29 is 9.90 Å². The van der Waals surface area contributed by atoms with Crippen LogP contribution in [0.2, 0.25) is 0 Å². The minimum atomic E-state index is -0.609. The minimum absolute atomic E-state index is 0.477. The fourth-order valence-electron chi connectivity index (χ4n) is 2.89. The molecular weight excluding hydrogens is 260 g/mol. The largest absolute Gasteiger partial charge is 0.481 e. The van der Waals surface area contributed by atoms with Crippen molar-refractivity contribution in [3.8, 4) is 0 Å². The lowest BCUT2D eigenvalue weighted by Crippen LogP contribution is -2.43. The number of rotatable bonds is 5. The van der Waals surface area contributed by atoms with Gasteiger partial charge in [0, 0.05) is 17.6 Å². The molecule has 0 bridgehead atoms. The van der Waals surface area contributed by atoms with Crippen LogP contribution < -0.4 is 0 Å². The second kappa shape index (κ2) is 6.01. The molecule has 0 aliphatic carbocycles. The summed E-state index contributed by atoms with van der Waals surface area (Å²) in [5, 5.41) is 10.6. The summed E-state index contributed by atoms with van der Waals surface area (Å²) in [5.74, 6) is -0.609. The van der Waals surface area contributed by atoms with Crippen LogP contribution in [-0.2, 0) is 11.3 Å². The van der Waals surface area contributed by atoms with Gasteiger partial charge in [0.25, 0.3) is 0 Å². The molecule has 0 amide bonds. The Labute approximate surface area is 118 Å². The Morgan fingerprint density at radius 1 is 1.53 bits per heavy atom. The van der Waals surface area contributed by atoms with E-state index in [1.807, 2.05) is 13.1 Å². The Kier molecular flexibility index (Phi) is 4.58. The standard InChI is InChI=1S/C14H22N2O2S/c1-3-4-14(13(17)18)5-7-16(8-6-14)10-12-9-15-11(2)19-12/h9H,3-8,10H2,1-2H3,(H,17,18). The molecular formula is C14H22N2O2S. The number of carbonyl (C=O) groups is 1. The molecule has 1 fully saturated rings. The Bertz CT molecular complexity index is 436. The molecule has 0 spiro atoms. The maximum absolute atomic E-state index is 11.5. The first-order valence-electron chi connectivity index (χ1n) is 6.93. The summed E-state index contributed by atoms with van der Waals surface area (Å²) in [5.41, 5.74) is -0.477. The minimum Gasteiger partial charge on any atom is -0.481 e. The van der Waals surface area contributed by atoms with E-state index in [1.54, 1.807) is 11.3 Å². The summed E-state index contributed by atoms with van der Waals surface area (Å²) in [4.78, 5) is 19.4. The molecule has 1 aromatic rings. The van der Waals surface area contributed by atoms with Crippen molar-refractivity contribution in [3.05, 3.63) is 16.1 Å². The fourth-order valence-corrected chi connectivity index (χ4v) is 3.72. The lowest BCUT2D eigenvalue weighted by atomic mass is 9.75. The second-order valence-electron chi connectivity index (χ2n) is 5.46. The van der Waals surface area contributed by atoms with Crippen molar-refractivity contribution in [3.63, 3.8) is 0 Å². The van der Waals surface area contributed by atoms with Crippen molar-refractivity contribution in [2.45, 2.75) is 46.1 Å². The van der Waals surface area contributed by atoms with Crippen LogP contribution in [0.4, 0.5) is 0 Å². The first-order valence-corrected chi connectivity index (χ1v) is 7.74. The van der Waals surface area contributed by atoms with E-state index in [4.69, 9.17) is 0 Å². The zero-order valence-electron chi connectivity index (χ0n) is 11.7. The first-order chi connectivity index (χ1) is 9.05. The SMILES string of the molecule is CCCC1(C(=O)O)CCN(Cc2cnc(C)s2)CC1. The second-order valence-corrected chi connectivity index (χ2v) is 6.78. The maximum Gasteiger partial charge on any atom is 0.309 e. The quantitative estimate of drug-likeness (QED) is 0.902. The molecule has 5 heteroatoms. The van der Waals surface area contributed by atoms with Gasteiger partial charge in [-0.2, -0.15) is 0 Å². The van der Waals surface area contributed by atoms with Gasteiger partial charge in [-0.3, -0.25) is 9.69 Å². The number of likely N-dealkylation sites (tertiary alicyclic amines) is 1. The van der Waals surface area contributed by atoms with E-state index in [1.165, 1.54) is 4.88 Å². The number of aryl methyl sites for hydroxylation is 1. The summed E-state index contributed by atoms with van der Waals surface area (Å²) in [6, 6.07) is 0.